The Morgan fingerprint density at radius 2 is 1.96 bits per heavy atom. The molecule has 1 aromatic heterocycles. The highest BCUT2D eigenvalue weighted by atomic mass is 79.9. The van der Waals surface area contributed by atoms with Crippen molar-refractivity contribution in [3.05, 3.63) is 34.6 Å². The van der Waals surface area contributed by atoms with Crippen LogP contribution in [0.15, 0.2) is 33.9 Å². The Morgan fingerprint density at radius 3 is 2.56 bits per heavy atom. The molecule has 1 atom stereocenters. The van der Waals surface area contributed by atoms with Crippen molar-refractivity contribution < 1.29 is 4.79 Å². The molecule has 0 aliphatic carbocycles. The minimum atomic E-state index is -0.0476. The molecule has 1 unspecified atom stereocenters. The van der Waals surface area contributed by atoms with Gasteiger partial charge in [0.15, 0.2) is 11.0 Å². The summed E-state index contributed by atoms with van der Waals surface area (Å²) in [4.78, 5) is 14.5. The summed E-state index contributed by atoms with van der Waals surface area (Å²) < 4.78 is 3.16. The number of hydrogen-bond acceptors (Lipinski definition) is 5. The van der Waals surface area contributed by atoms with Crippen molar-refractivity contribution in [1.29, 1.82) is 0 Å². The Labute approximate surface area is 174 Å². The van der Waals surface area contributed by atoms with Gasteiger partial charge in [-0.3, -0.25) is 9.69 Å². The average molecular weight is 454 g/mol. The smallest absolute Gasteiger partial charge is 0.234 e. The van der Waals surface area contributed by atoms with Crippen molar-refractivity contribution in [2.75, 3.05) is 25.2 Å². The number of nitrogens with zero attached hydrogens (tertiary/aromatic N) is 4. The normalized spacial score (nSPS) is 12.4. The molecule has 0 spiro atoms. The Morgan fingerprint density at radius 1 is 1.26 bits per heavy atom. The third kappa shape index (κ3) is 6.33. The van der Waals surface area contributed by atoms with Crippen LogP contribution in [0.2, 0.25) is 0 Å². The number of carbonyl (C=O) groups is 1. The van der Waals surface area contributed by atoms with E-state index < -0.39 is 0 Å². The van der Waals surface area contributed by atoms with Crippen LogP contribution in [0.3, 0.4) is 0 Å². The molecular weight excluding hydrogens is 426 g/mol. The first-order valence-electron chi connectivity index (χ1n) is 9.24. The number of amides is 1. The van der Waals surface area contributed by atoms with Crippen LogP contribution in [-0.2, 0) is 11.3 Å². The fourth-order valence-electron chi connectivity index (χ4n) is 2.82. The molecular formula is C19H28BrN5OS. The average Bonchev–Trinajstić information content (AvgIpc) is 3.03. The van der Waals surface area contributed by atoms with Crippen molar-refractivity contribution in [3.63, 3.8) is 0 Å². The van der Waals surface area contributed by atoms with Crippen LogP contribution < -0.4 is 5.32 Å². The van der Waals surface area contributed by atoms with Gasteiger partial charge in [-0.05, 0) is 51.2 Å². The quantitative estimate of drug-likeness (QED) is 0.533. The van der Waals surface area contributed by atoms with Gasteiger partial charge in [0.1, 0.15) is 0 Å². The molecule has 1 aromatic carbocycles. The Hall–Kier alpha value is -1.38. The molecule has 2 rings (SSSR count). The Balaban J connectivity index is 2.06. The van der Waals surface area contributed by atoms with E-state index in [9.17, 15) is 4.79 Å². The lowest BCUT2D eigenvalue weighted by Gasteiger charge is -2.23. The number of hydrogen-bond donors (Lipinski definition) is 1. The fourth-order valence-corrected chi connectivity index (χ4v) is 3.85. The number of benzene rings is 1. The van der Waals surface area contributed by atoms with Gasteiger partial charge in [0.25, 0.3) is 0 Å². The van der Waals surface area contributed by atoms with Crippen LogP contribution in [-0.4, -0.2) is 45.4 Å². The number of thioether (sulfide) groups is 1. The minimum Gasteiger partial charge on any atom is -0.325 e. The summed E-state index contributed by atoms with van der Waals surface area (Å²) in [6, 6.07) is 7.78. The molecule has 27 heavy (non-hydrogen) atoms. The highest BCUT2D eigenvalue weighted by Crippen LogP contribution is 2.26. The molecule has 0 saturated heterocycles. The molecule has 1 amide bonds. The van der Waals surface area contributed by atoms with Crippen LogP contribution in [0.25, 0.3) is 0 Å². The largest absolute Gasteiger partial charge is 0.325 e. The second kappa shape index (κ2) is 10.8. The number of carbonyl (C=O) groups excluding carboxylic acids is 1. The van der Waals surface area contributed by atoms with Crippen LogP contribution in [0, 0.1) is 0 Å². The summed E-state index contributed by atoms with van der Waals surface area (Å²) >= 11 is 4.83. The number of halogens is 1. The van der Waals surface area contributed by atoms with E-state index in [0.717, 1.165) is 46.9 Å². The molecule has 0 aliphatic rings. The van der Waals surface area contributed by atoms with Gasteiger partial charge in [0.05, 0.1) is 11.8 Å². The Bertz CT molecular complexity index is 732. The fraction of sp³-hybridized carbons (Fsp3) is 0.526. The molecule has 1 heterocycles. The van der Waals surface area contributed by atoms with Crippen LogP contribution in [0.1, 0.15) is 45.0 Å². The zero-order chi connectivity index (χ0) is 19.8. The van der Waals surface area contributed by atoms with Crippen molar-refractivity contribution >= 4 is 39.3 Å². The van der Waals surface area contributed by atoms with E-state index in [1.807, 2.05) is 24.3 Å². The monoisotopic (exact) mass is 453 g/mol. The summed E-state index contributed by atoms with van der Waals surface area (Å²) in [5.74, 6) is 1.24. The first-order chi connectivity index (χ1) is 13.0. The molecule has 0 fully saturated rings. The lowest BCUT2D eigenvalue weighted by molar-refractivity contribution is -0.113. The highest BCUT2D eigenvalue weighted by molar-refractivity contribution is 9.10. The summed E-state index contributed by atoms with van der Waals surface area (Å²) in [5, 5.41) is 12.5. The molecule has 148 valence electrons. The summed E-state index contributed by atoms with van der Waals surface area (Å²) in [7, 11) is 4.12. The number of nitrogens with one attached hydrogen (secondary N) is 1. The lowest BCUT2D eigenvalue weighted by Crippen LogP contribution is -2.23. The Kier molecular flexibility index (Phi) is 8.79. The first-order valence-corrected chi connectivity index (χ1v) is 11.0. The second-order valence-electron chi connectivity index (χ2n) is 6.58. The lowest BCUT2D eigenvalue weighted by atomic mass is 10.2. The molecule has 0 aliphatic heterocycles. The molecule has 2 aromatic rings. The van der Waals surface area contributed by atoms with Gasteiger partial charge < -0.3 is 9.88 Å². The van der Waals surface area contributed by atoms with Crippen molar-refractivity contribution in [2.24, 2.45) is 0 Å². The summed E-state index contributed by atoms with van der Waals surface area (Å²) in [6.07, 6.45) is 3.13. The van der Waals surface area contributed by atoms with Gasteiger partial charge in [-0.25, -0.2) is 0 Å². The zero-order valence-corrected chi connectivity index (χ0v) is 18.8. The van der Waals surface area contributed by atoms with Gasteiger partial charge in [-0.1, -0.05) is 48.0 Å². The van der Waals surface area contributed by atoms with Gasteiger partial charge in [0.2, 0.25) is 5.91 Å². The summed E-state index contributed by atoms with van der Waals surface area (Å²) in [6.45, 7) is 5.20. The van der Waals surface area contributed by atoms with E-state index in [1.165, 1.54) is 11.8 Å². The van der Waals surface area contributed by atoms with Crippen LogP contribution in [0.4, 0.5) is 5.69 Å². The number of unbranched alkanes of at least 4 members (excludes halogenated alkanes) is 1. The van der Waals surface area contributed by atoms with Crippen LogP contribution >= 0.6 is 27.7 Å². The molecule has 0 bridgehead atoms. The topological polar surface area (TPSA) is 63.1 Å². The molecule has 6 nitrogen and oxygen atoms in total. The molecule has 0 saturated carbocycles. The number of aromatic nitrogens is 3. The maximum absolute atomic E-state index is 12.3. The van der Waals surface area contributed by atoms with E-state index in [0.29, 0.717) is 5.75 Å². The van der Waals surface area contributed by atoms with E-state index in [-0.39, 0.29) is 11.9 Å². The second-order valence-corrected chi connectivity index (χ2v) is 8.44. The maximum Gasteiger partial charge on any atom is 0.234 e. The number of anilines is 1. The van der Waals surface area contributed by atoms with E-state index in [4.69, 9.17) is 0 Å². The van der Waals surface area contributed by atoms with Gasteiger partial charge in [-0.2, -0.15) is 0 Å². The van der Waals surface area contributed by atoms with Gasteiger partial charge in [0, 0.05) is 16.7 Å². The van der Waals surface area contributed by atoms with Crippen molar-refractivity contribution in [3.8, 4) is 0 Å². The third-order valence-corrected chi connectivity index (χ3v) is 5.74. The number of rotatable bonds is 10. The highest BCUT2D eigenvalue weighted by Gasteiger charge is 2.22. The SMILES string of the molecule is CCCCn1c(SCC(=O)Nc2ccc(Br)cc2)nnc1C(CC)N(C)C. The standard InChI is InChI=1S/C19H28BrN5OS/c1-5-7-12-25-18(16(6-2)24(3)4)22-23-19(25)27-13-17(26)21-15-10-8-14(20)9-11-15/h8-11,16H,5-7,12-13H2,1-4H3,(H,21,26). The van der Waals surface area contributed by atoms with E-state index in [2.05, 4.69) is 68.9 Å². The minimum absolute atomic E-state index is 0.0476. The maximum atomic E-state index is 12.3. The molecule has 1 N–H and O–H groups in total. The first kappa shape index (κ1) is 21.9. The van der Waals surface area contributed by atoms with Gasteiger partial charge >= 0.3 is 0 Å². The third-order valence-electron chi connectivity index (χ3n) is 4.25. The predicted octanol–water partition coefficient (Wildman–Crippen LogP) is 4.58. The van der Waals surface area contributed by atoms with Crippen molar-refractivity contribution in [2.45, 2.75) is 50.9 Å². The van der Waals surface area contributed by atoms with Crippen LogP contribution in [0.5, 0.6) is 0 Å². The molecule has 8 heteroatoms. The zero-order valence-electron chi connectivity index (χ0n) is 16.4. The predicted molar refractivity (Wildman–Crippen MR) is 115 cm³/mol. The molecule has 0 radical (unpaired) electrons. The van der Waals surface area contributed by atoms with Crippen molar-refractivity contribution in [1.82, 2.24) is 19.7 Å². The summed E-state index contributed by atoms with van der Waals surface area (Å²) in [5.41, 5.74) is 0.788. The van der Waals surface area contributed by atoms with E-state index >= 15 is 0 Å². The van der Waals surface area contributed by atoms with E-state index in [1.54, 1.807) is 0 Å². The van der Waals surface area contributed by atoms with Gasteiger partial charge in [-0.15, -0.1) is 10.2 Å².